The van der Waals surface area contributed by atoms with Gasteiger partial charge in [0.2, 0.25) is 0 Å². The fourth-order valence-corrected chi connectivity index (χ4v) is 1.43. The Labute approximate surface area is 85.5 Å². The van der Waals surface area contributed by atoms with E-state index in [2.05, 4.69) is 36.2 Å². The van der Waals surface area contributed by atoms with Gasteiger partial charge < -0.3 is 0 Å². The molecule has 0 N–H and O–H groups in total. The summed E-state index contributed by atoms with van der Waals surface area (Å²) in [4.78, 5) is 4.34. The first kappa shape index (κ1) is 10.7. The molecule has 0 atom stereocenters. The number of aromatic nitrogens is 1. The van der Waals surface area contributed by atoms with E-state index in [4.69, 9.17) is 0 Å². The van der Waals surface area contributed by atoms with Gasteiger partial charge in [-0.3, -0.25) is 4.98 Å². The summed E-state index contributed by atoms with van der Waals surface area (Å²) in [5, 5.41) is 2.37. The van der Waals surface area contributed by atoms with E-state index in [1.807, 2.05) is 26.1 Å². The smallest absolute Gasteiger partial charge is 0.0727 e. The van der Waals surface area contributed by atoms with E-state index in [-0.39, 0.29) is 0 Å². The summed E-state index contributed by atoms with van der Waals surface area (Å²) in [7, 11) is 0. The van der Waals surface area contributed by atoms with E-state index >= 15 is 0 Å². The maximum absolute atomic E-state index is 4.34. The van der Waals surface area contributed by atoms with Gasteiger partial charge in [-0.25, -0.2) is 0 Å². The molecule has 0 aliphatic heterocycles. The van der Waals surface area contributed by atoms with Crippen LogP contribution in [0.3, 0.4) is 0 Å². The maximum atomic E-state index is 4.34. The molecule has 0 radical (unpaired) electrons. The van der Waals surface area contributed by atoms with Crippen LogP contribution in [-0.4, -0.2) is 4.98 Å². The Bertz CT molecular complexity index is 427. The predicted molar refractivity (Wildman–Crippen MR) is 62.1 cm³/mol. The Morgan fingerprint density at radius 3 is 2.86 bits per heavy atom. The van der Waals surface area contributed by atoms with Crippen LogP contribution in [0.4, 0.5) is 0 Å². The highest BCUT2D eigenvalue weighted by molar-refractivity contribution is 5.55. The van der Waals surface area contributed by atoms with Gasteiger partial charge in [0, 0.05) is 6.20 Å². The van der Waals surface area contributed by atoms with Crippen molar-refractivity contribution < 1.29 is 0 Å². The number of hydrogen-bond donors (Lipinski definition) is 0. The molecule has 74 valence electrons. The van der Waals surface area contributed by atoms with Crippen molar-refractivity contribution in [3.05, 3.63) is 41.0 Å². The molecule has 1 nitrogen and oxygen atoms in total. The molecule has 2 rings (SSSR count). The summed E-state index contributed by atoms with van der Waals surface area (Å²) < 4.78 is 0. The van der Waals surface area contributed by atoms with E-state index < -0.39 is 0 Å². The zero-order chi connectivity index (χ0) is 10.4. The molecule has 1 heteroatoms. The molecule has 0 bridgehead atoms. The third-order valence-corrected chi connectivity index (χ3v) is 2.05. The van der Waals surface area contributed by atoms with Crippen molar-refractivity contribution in [1.29, 1.82) is 0 Å². The lowest BCUT2D eigenvalue weighted by atomic mass is 10.2. The van der Waals surface area contributed by atoms with Crippen molar-refractivity contribution in [2.75, 3.05) is 0 Å². The standard InChI is InChI=1S/C11H11N.C2H6/c1-9-5-2-3-6-10-7-4-8-12-11(9)10;1-2/h2,4-8H,3H2,1H3;1-2H3. The van der Waals surface area contributed by atoms with Crippen molar-refractivity contribution in [2.24, 2.45) is 0 Å². The third-order valence-electron chi connectivity index (χ3n) is 2.05. The van der Waals surface area contributed by atoms with Gasteiger partial charge >= 0.3 is 0 Å². The Hall–Kier alpha value is -1.37. The van der Waals surface area contributed by atoms with Crippen molar-refractivity contribution in [3.63, 3.8) is 0 Å². The zero-order valence-electron chi connectivity index (χ0n) is 9.12. The normalized spacial score (nSPS) is 13.2. The average Bonchev–Trinajstić information content (AvgIpc) is 2.45. The van der Waals surface area contributed by atoms with Crippen molar-refractivity contribution in [1.82, 2.24) is 4.98 Å². The Morgan fingerprint density at radius 2 is 2.07 bits per heavy atom. The van der Waals surface area contributed by atoms with Crippen LogP contribution < -0.4 is 10.6 Å². The van der Waals surface area contributed by atoms with Crippen molar-refractivity contribution >= 4 is 11.6 Å². The van der Waals surface area contributed by atoms with E-state index in [0.29, 0.717) is 0 Å². The van der Waals surface area contributed by atoms with E-state index in [0.717, 1.165) is 11.8 Å². The molecule has 0 saturated heterocycles. The van der Waals surface area contributed by atoms with Gasteiger partial charge in [-0.05, 0) is 30.2 Å². The molecule has 0 unspecified atom stereocenters. The minimum Gasteiger partial charge on any atom is -0.256 e. The lowest BCUT2D eigenvalue weighted by Gasteiger charge is -1.90. The van der Waals surface area contributed by atoms with Crippen LogP contribution in [0.1, 0.15) is 27.2 Å². The summed E-state index contributed by atoms with van der Waals surface area (Å²) in [6.45, 7) is 6.10. The average molecular weight is 187 g/mol. The first-order valence-corrected chi connectivity index (χ1v) is 5.16. The summed E-state index contributed by atoms with van der Waals surface area (Å²) in [5.74, 6) is 0. The van der Waals surface area contributed by atoms with E-state index in [9.17, 15) is 0 Å². The second-order valence-corrected chi connectivity index (χ2v) is 2.97. The largest absolute Gasteiger partial charge is 0.256 e. The number of rotatable bonds is 0. The SMILES string of the molecule is CC.CC1=c2ncccc2=CCC=C1. The molecule has 1 aromatic heterocycles. The molecule has 0 saturated carbocycles. The van der Waals surface area contributed by atoms with Gasteiger partial charge in [0.15, 0.2) is 0 Å². The lowest BCUT2D eigenvalue weighted by molar-refractivity contribution is 1.20. The van der Waals surface area contributed by atoms with Gasteiger partial charge in [-0.15, -0.1) is 0 Å². The summed E-state index contributed by atoms with van der Waals surface area (Å²) >= 11 is 0. The first-order chi connectivity index (χ1) is 6.88. The van der Waals surface area contributed by atoms with Gasteiger partial charge in [-0.2, -0.15) is 0 Å². The van der Waals surface area contributed by atoms with Crippen LogP contribution in [0.15, 0.2) is 30.5 Å². The minimum atomic E-state index is 1.01. The summed E-state index contributed by atoms with van der Waals surface area (Å²) in [6.07, 6.45) is 9.35. The van der Waals surface area contributed by atoms with Crippen LogP contribution in [0.5, 0.6) is 0 Å². The first-order valence-electron chi connectivity index (χ1n) is 5.16. The van der Waals surface area contributed by atoms with Crippen LogP contribution in [-0.2, 0) is 0 Å². The van der Waals surface area contributed by atoms with Crippen LogP contribution in [0.25, 0.3) is 11.6 Å². The van der Waals surface area contributed by atoms with E-state index in [1.54, 1.807) is 0 Å². The molecular weight excluding hydrogens is 170 g/mol. The molecular formula is C13H17N. The molecule has 0 fully saturated rings. The molecule has 0 amide bonds. The quantitative estimate of drug-likeness (QED) is 0.605. The number of nitrogens with zero attached hydrogens (tertiary/aromatic N) is 1. The number of pyridine rings is 1. The van der Waals surface area contributed by atoms with Crippen molar-refractivity contribution in [2.45, 2.75) is 27.2 Å². The molecule has 1 heterocycles. The van der Waals surface area contributed by atoms with Gasteiger partial charge in [0.05, 0.1) is 5.35 Å². The highest BCUT2D eigenvalue weighted by Gasteiger charge is 1.92. The lowest BCUT2D eigenvalue weighted by Crippen LogP contribution is -2.28. The highest BCUT2D eigenvalue weighted by Crippen LogP contribution is 1.96. The minimum absolute atomic E-state index is 1.01. The van der Waals surface area contributed by atoms with Gasteiger partial charge in [0.1, 0.15) is 0 Å². The van der Waals surface area contributed by atoms with Crippen LogP contribution in [0, 0.1) is 0 Å². The van der Waals surface area contributed by atoms with E-state index in [1.165, 1.54) is 10.8 Å². The van der Waals surface area contributed by atoms with Crippen LogP contribution in [0.2, 0.25) is 0 Å². The highest BCUT2D eigenvalue weighted by atomic mass is 14.6. The zero-order valence-corrected chi connectivity index (χ0v) is 9.12. The Balaban J connectivity index is 0.000000461. The molecule has 0 spiro atoms. The van der Waals surface area contributed by atoms with Crippen LogP contribution >= 0.6 is 0 Å². The number of fused-ring (bicyclic) bond motifs is 1. The Morgan fingerprint density at radius 1 is 1.29 bits per heavy atom. The summed E-state index contributed by atoms with van der Waals surface area (Å²) in [5.41, 5.74) is 1.25. The molecule has 1 aliphatic rings. The third kappa shape index (κ3) is 2.32. The van der Waals surface area contributed by atoms with Gasteiger partial charge in [-0.1, -0.05) is 38.1 Å². The monoisotopic (exact) mass is 187 g/mol. The maximum Gasteiger partial charge on any atom is 0.0727 e. The second-order valence-electron chi connectivity index (χ2n) is 2.97. The predicted octanol–water partition coefficient (Wildman–Crippen LogP) is 2.02. The topological polar surface area (TPSA) is 12.9 Å². The number of hydrogen-bond acceptors (Lipinski definition) is 1. The second kappa shape index (κ2) is 5.38. The number of allylic oxidation sites excluding steroid dienone is 2. The molecule has 1 aliphatic carbocycles. The Kier molecular flexibility index (Phi) is 4.11. The molecule has 1 aromatic rings. The summed E-state index contributed by atoms with van der Waals surface area (Å²) in [6, 6.07) is 4.09. The fraction of sp³-hybridized carbons (Fsp3) is 0.308. The fourth-order valence-electron chi connectivity index (χ4n) is 1.43. The molecule has 14 heavy (non-hydrogen) atoms. The van der Waals surface area contributed by atoms with Crippen molar-refractivity contribution in [3.8, 4) is 0 Å². The molecule has 0 aromatic carbocycles. The van der Waals surface area contributed by atoms with Gasteiger partial charge in [0.25, 0.3) is 0 Å².